The van der Waals surface area contributed by atoms with Crippen molar-refractivity contribution in [1.29, 1.82) is 0 Å². The van der Waals surface area contributed by atoms with Crippen molar-refractivity contribution in [3.05, 3.63) is 0 Å². The summed E-state index contributed by atoms with van der Waals surface area (Å²) < 4.78 is 12.4. The molecule has 0 spiro atoms. The molecule has 166 valence electrons. The minimum absolute atomic E-state index is 0.0449. The fraction of sp³-hybridized carbons (Fsp3) is 1.00. The molecule has 0 unspecified atom stereocenters. The molecule has 3 heteroatoms. The lowest BCUT2D eigenvalue weighted by atomic mass is 9.35. The maximum Gasteiger partial charge on any atom is 0.168 e. The summed E-state index contributed by atoms with van der Waals surface area (Å²) in [7, 11) is 0. The Hall–Kier alpha value is -0.120. The van der Waals surface area contributed by atoms with E-state index in [4.69, 9.17) is 9.47 Å². The van der Waals surface area contributed by atoms with Crippen molar-refractivity contribution in [2.24, 2.45) is 45.3 Å². The lowest BCUT2D eigenvalue weighted by Gasteiger charge is -2.70. The molecule has 1 saturated heterocycles. The van der Waals surface area contributed by atoms with Gasteiger partial charge in [0.25, 0.3) is 0 Å². The number of hydrogen-bond donors (Lipinski definition) is 1. The molecule has 1 heterocycles. The van der Waals surface area contributed by atoms with Crippen LogP contribution in [0.15, 0.2) is 0 Å². The van der Waals surface area contributed by atoms with Gasteiger partial charge in [-0.1, -0.05) is 34.6 Å². The highest BCUT2D eigenvalue weighted by Crippen LogP contribution is 2.75. The summed E-state index contributed by atoms with van der Waals surface area (Å²) >= 11 is 0. The summed E-state index contributed by atoms with van der Waals surface area (Å²) in [5.74, 6) is 2.33. The van der Waals surface area contributed by atoms with Crippen LogP contribution in [0.5, 0.6) is 0 Å². The fourth-order valence-electron chi connectivity index (χ4n) is 10.1. The minimum Gasteiger partial charge on any atom is -0.393 e. The first-order valence-electron chi connectivity index (χ1n) is 12.4. The Bertz CT molecular complexity index is 667. The molecule has 0 radical (unpaired) electrons. The first-order valence-corrected chi connectivity index (χ1v) is 12.4. The van der Waals surface area contributed by atoms with E-state index in [2.05, 4.69) is 41.5 Å². The minimum atomic E-state index is -0.357. The molecule has 0 aromatic heterocycles. The summed E-state index contributed by atoms with van der Waals surface area (Å²) in [6, 6.07) is 0. The van der Waals surface area contributed by atoms with E-state index in [1.165, 1.54) is 44.9 Å². The predicted octanol–water partition coefficient (Wildman–Crippen LogP) is 5.80. The van der Waals surface area contributed by atoms with Gasteiger partial charge in [-0.05, 0) is 97.7 Å². The number of aliphatic hydroxyl groups excluding tert-OH is 1. The molecule has 0 amide bonds. The number of rotatable bonds is 1. The van der Waals surface area contributed by atoms with Crippen LogP contribution in [-0.4, -0.2) is 30.2 Å². The molecule has 0 aromatic rings. The van der Waals surface area contributed by atoms with Crippen LogP contribution in [0.4, 0.5) is 0 Å². The fourth-order valence-corrected chi connectivity index (χ4v) is 10.1. The molecule has 0 aromatic carbocycles. The molecule has 8 atom stereocenters. The maximum atomic E-state index is 10.8. The van der Waals surface area contributed by atoms with Crippen molar-refractivity contribution >= 4 is 0 Å². The molecule has 5 fully saturated rings. The molecule has 1 N–H and O–H groups in total. The van der Waals surface area contributed by atoms with Gasteiger partial charge in [-0.3, -0.25) is 0 Å². The van der Waals surface area contributed by atoms with Gasteiger partial charge in [-0.15, -0.1) is 0 Å². The topological polar surface area (TPSA) is 38.7 Å². The largest absolute Gasteiger partial charge is 0.393 e. The second-order valence-electron chi connectivity index (χ2n) is 12.9. The van der Waals surface area contributed by atoms with Gasteiger partial charge in [-0.2, -0.15) is 0 Å². The molecule has 1 aliphatic heterocycles. The summed E-state index contributed by atoms with van der Waals surface area (Å²) in [5.41, 5.74) is 1.19. The first kappa shape index (κ1) is 20.8. The number of ether oxygens (including phenoxy) is 2. The zero-order valence-electron chi connectivity index (χ0n) is 19.7. The molecular formula is C26H44O3. The van der Waals surface area contributed by atoms with E-state index in [1.807, 2.05) is 0 Å². The van der Waals surface area contributed by atoms with Gasteiger partial charge in [0.1, 0.15) is 0 Å². The summed E-state index contributed by atoms with van der Waals surface area (Å²) in [6.07, 6.45) is 9.92. The van der Waals surface area contributed by atoms with Crippen LogP contribution in [0.1, 0.15) is 92.9 Å². The molecule has 5 rings (SSSR count). The first-order chi connectivity index (χ1) is 13.5. The summed E-state index contributed by atoms with van der Waals surface area (Å²) in [6.45, 7) is 16.3. The average Bonchev–Trinajstić information content (AvgIpc) is 3.24. The van der Waals surface area contributed by atoms with E-state index in [0.717, 1.165) is 25.6 Å². The van der Waals surface area contributed by atoms with Crippen LogP contribution in [0.2, 0.25) is 0 Å². The van der Waals surface area contributed by atoms with Gasteiger partial charge in [0.2, 0.25) is 0 Å². The third-order valence-electron chi connectivity index (χ3n) is 11.9. The van der Waals surface area contributed by atoms with Crippen LogP contribution >= 0.6 is 0 Å². The number of hydrogen-bond acceptors (Lipinski definition) is 3. The standard InChI is InChI=1S/C26H44O3/c1-22(2)19-10-14-25(5)20(23(19,3)12-11-21(22)27)8-7-17-18(9-13-24(17,25)4)26(6)28-15-16-29-26/h17-21,27H,7-16H2,1-6H3/t17-,18+,19+,20-,21+,23+,24-,25-/m1/s1. The van der Waals surface area contributed by atoms with Gasteiger partial charge in [0.05, 0.1) is 19.3 Å². The molecule has 4 saturated carbocycles. The van der Waals surface area contributed by atoms with Crippen molar-refractivity contribution in [1.82, 2.24) is 0 Å². The van der Waals surface area contributed by atoms with Gasteiger partial charge >= 0.3 is 0 Å². The van der Waals surface area contributed by atoms with Crippen molar-refractivity contribution in [3.8, 4) is 0 Å². The van der Waals surface area contributed by atoms with Crippen LogP contribution in [-0.2, 0) is 9.47 Å². The molecule has 0 bridgehead atoms. The quantitative estimate of drug-likeness (QED) is 0.601. The highest BCUT2D eigenvalue weighted by atomic mass is 16.7. The van der Waals surface area contributed by atoms with Crippen molar-refractivity contribution < 1.29 is 14.6 Å². The van der Waals surface area contributed by atoms with Gasteiger partial charge < -0.3 is 14.6 Å². The van der Waals surface area contributed by atoms with Crippen LogP contribution in [0, 0.1) is 45.3 Å². The number of fused-ring (bicyclic) bond motifs is 5. The Balaban J connectivity index is 1.49. The van der Waals surface area contributed by atoms with E-state index < -0.39 is 0 Å². The van der Waals surface area contributed by atoms with Crippen LogP contribution in [0.25, 0.3) is 0 Å². The zero-order valence-corrected chi connectivity index (χ0v) is 19.7. The van der Waals surface area contributed by atoms with Crippen LogP contribution < -0.4 is 0 Å². The van der Waals surface area contributed by atoms with E-state index >= 15 is 0 Å². The second kappa shape index (κ2) is 6.23. The Labute approximate surface area is 178 Å². The number of aliphatic hydroxyl groups is 1. The Morgan fingerprint density at radius 2 is 1.31 bits per heavy atom. The Kier molecular flexibility index (Phi) is 4.46. The molecular weight excluding hydrogens is 360 g/mol. The molecule has 3 nitrogen and oxygen atoms in total. The highest BCUT2D eigenvalue weighted by Gasteiger charge is 2.69. The summed E-state index contributed by atoms with van der Waals surface area (Å²) in [5, 5.41) is 10.8. The van der Waals surface area contributed by atoms with Gasteiger partial charge in [0, 0.05) is 5.92 Å². The lowest BCUT2D eigenvalue weighted by molar-refractivity contribution is -0.239. The van der Waals surface area contributed by atoms with Crippen molar-refractivity contribution in [3.63, 3.8) is 0 Å². The van der Waals surface area contributed by atoms with Crippen molar-refractivity contribution in [2.75, 3.05) is 13.2 Å². The van der Waals surface area contributed by atoms with Gasteiger partial charge in [-0.25, -0.2) is 0 Å². The lowest BCUT2D eigenvalue weighted by Crippen LogP contribution is -2.64. The van der Waals surface area contributed by atoms with Crippen LogP contribution in [0.3, 0.4) is 0 Å². The Morgan fingerprint density at radius 1 is 0.655 bits per heavy atom. The maximum absolute atomic E-state index is 10.8. The normalized spacial score (nSPS) is 55.8. The average molecular weight is 405 g/mol. The third-order valence-corrected chi connectivity index (χ3v) is 11.9. The van der Waals surface area contributed by atoms with E-state index in [0.29, 0.717) is 34.0 Å². The predicted molar refractivity (Wildman–Crippen MR) is 115 cm³/mol. The van der Waals surface area contributed by atoms with Crippen molar-refractivity contribution in [2.45, 2.75) is 105 Å². The van der Waals surface area contributed by atoms with Gasteiger partial charge in [0.15, 0.2) is 5.79 Å². The highest BCUT2D eigenvalue weighted by molar-refractivity contribution is 5.18. The monoisotopic (exact) mass is 404 g/mol. The van der Waals surface area contributed by atoms with E-state index in [-0.39, 0.29) is 17.3 Å². The SMILES string of the molecule is CC1([C@H]2CC[C@]3(C)[C@@H]2CC[C@@H]2[C@@]4(C)CC[C@H](O)C(C)(C)[C@@H]4CC[C@]23C)OCCO1. The molecule has 29 heavy (non-hydrogen) atoms. The molecule has 4 aliphatic carbocycles. The smallest absolute Gasteiger partial charge is 0.168 e. The molecule has 5 aliphatic rings. The second-order valence-corrected chi connectivity index (χ2v) is 12.9. The third kappa shape index (κ3) is 2.47. The zero-order chi connectivity index (χ0) is 20.9. The van der Waals surface area contributed by atoms with E-state index in [1.54, 1.807) is 0 Å². The summed E-state index contributed by atoms with van der Waals surface area (Å²) in [4.78, 5) is 0. The van der Waals surface area contributed by atoms with E-state index in [9.17, 15) is 5.11 Å². The Morgan fingerprint density at radius 3 is 2.00 bits per heavy atom.